The Balaban J connectivity index is 2.80. The Morgan fingerprint density at radius 1 is 0.947 bits per heavy atom. The molecule has 0 aliphatic carbocycles. The molecule has 0 radical (unpaired) electrons. The summed E-state index contributed by atoms with van der Waals surface area (Å²) in [7, 11) is 0. The first-order valence-corrected chi connectivity index (χ1v) is 6.27. The van der Waals surface area contributed by atoms with Crippen molar-refractivity contribution >= 4 is 5.69 Å². The standard InChI is InChI=1S/C16H17N3/c1-10-8-12(3)15(13(4)9-10)14-7-5-6-11(2)16(14)18-19-17/h5-9H,1-4H3. The molecule has 3 heteroatoms. The van der Waals surface area contributed by atoms with E-state index in [1.54, 1.807) is 0 Å². The van der Waals surface area contributed by atoms with Crippen molar-refractivity contribution in [1.29, 1.82) is 0 Å². The van der Waals surface area contributed by atoms with E-state index in [-0.39, 0.29) is 0 Å². The molecule has 0 aliphatic rings. The zero-order valence-corrected chi connectivity index (χ0v) is 11.7. The number of hydrogen-bond acceptors (Lipinski definition) is 1. The molecule has 0 unspecified atom stereocenters. The smallest absolute Gasteiger partial charge is 0.0483 e. The van der Waals surface area contributed by atoms with Crippen molar-refractivity contribution in [2.75, 3.05) is 0 Å². The van der Waals surface area contributed by atoms with Crippen molar-refractivity contribution in [3.63, 3.8) is 0 Å². The molecule has 0 atom stereocenters. The van der Waals surface area contributed by atoms with Gasteiger partial charge in [0.1, 0.15) is 0 Å². The van der Waals surface area contributed by atoms with E-state index in [0.717, 1.165) is 22.4 Å². The average Bonchev–Trinajstić information content (AvgIpc) is 2.32. The molecule has 2 aromatic carbocycles. The summed E-state index contributed by atoms with van der Waals surface area (Å²) >= 11 is 0. The van der Waals surface area contributed by atoms with Gasteiger partial charge in [0.15, 0.2) is 0 Å². The fourth-order valence-electron chi connectivity index (χ4n) is 2.64. The topological polar surface area (TPSA) is 48.8 Å². The van der Waals surface area contributed by atoms with Crippen LogP contribution in [-0.2, 0) is 0 Å². The lowest BCUT2D eigenvalue weighted by Gasteiger charge is -2.15. The molecule has 0 spiro atoms. The molecule has 2 aromatic rings. The third kappa shape index (κ3) is 2.47. The highest BCUT2D eigenvalue weighted by Gasteiger charge is 2.11. The third-order valence-electron chi connectivity index (χ3n) is 3.33. The maximum absolute atomic E-state index is 8.76. The molecule has 0 aliphatic heterocycles. The van der Waals surface area contributed by atoms with Gasteiger partial charge in [-0.25, -0.2) is 0 Å². The van der Waals surface area contributed by atoms with Gasteiger partial charge < -0.3 is 0 Å². The molecule has 3 nitrogen and oxygen atoms in total. The summed E-state index contributed by atoms with van der Waals surface area (Å²) in [5.74, 6) is 0. The van der Waals surface area contributed by atoms with Crippen LogP contribution >= 0.6 is 0 Å². The summed E-state index contributed by atoms with van der Waals surface area (Å²) in [4.78, 5) is 2.95. The SMILES string of the molecule is Cc1cc(C)c(-c2cccc(C)c2N=[N+]=[N-])c(C)c1. The number of azide groups is 1. The molecule has 0 saturated heterocycles. The molecular weight excluding hydrogens is 234 g/mol. The van der Waals surface area contributed by atoms with Gasteiger partial charge >= 0.3 is 0 Å². The van der Waals surface area contributed by atoms with Crippen LogP contribution < -0.4 is 0 Å². The summed E-state index contributed by atoms with van der Waals surface area (Å²) in [6, 6.07) is 10.3. The molecule has 0 amide bonds. The van der Waals surface area contributed by atoms with Gasteiger partial charge in [-0.2, -0.15) is 0 Å². The van der Waals surface area contributed by atoms with E-state index in [1.807, 2.05) is 25.1 Å². The number of nitrogens with zero attached hydrogens (tertiary/aromatic N) is 3. The predicted octanol–water partition coefficient (Wildman–Crippen LogP) is 5.53. The fraction of sp³-hybridized carbons (Fsp3) is 0.250. The van der Waals surface area contributed by atoms with Crippen molar-refractivity contribution in [2.45, 2.75) is 27.7 Å². The predicted molar refractivity (Wildman–Crippen MR) is 79.6 cm³/mol. The van der Waals surface area contributed by atoms with E-state index in [1.165, 1.54) is 16.7 Å². The lowest BCUT2D eigenvalue weighted by Crippen LogP contribution is -1.91. The van der Waals surface area contributed by atoms with Crippen LogP contribution in [0.4, 0.5) is 5.69 Å². The van der Waals surface area contributed by atoms with Crippen molar-refractivity contribution in [3.05, 3.63) is 63.0 Å². The highest BCUT2D eigenvalue weighted by Crippen LogP contribution is 2.37. The van der Waals surface area contributed by atoms with Crippen LogP contribution in [0.15, 0.2) is 35.4 Å². The summed E-state index contributed by atoms with van der Waals surface area (Å²) in [5.41, 5.74) is 16.3. The molecule has 0 aromatic heterocycles. The normalized spacial score (nSPS) is 10.1. The Morgan fingerprint density at radius 2 is 1.58 bits per heavy atom. The first kappa shape index (κ1) is 13.2. The van der Waals surface area contributed by atoms with Crippen LogP contribution in [0, 0.1) is 27.7 Å². The summed E-state index contributed by atoms with van der Waals surface area (Å²) < 4.78 is 0. The quantitative estimate of drug-likeness (QED) is 0.383. The van der Waals surface area contributed by atoms with Gasteiger partial charge in [-0.15, -0.1) is 0 Å². The zero-order chi connectivity index (χ0) is 14.0. The lowest BCUT2D eigenvalue weighted by molar-refractivity contribution is 1.30. The third-order valence-corrected chi connectivity index (χ3v) is 3.33. The largest absolute Gasteiger partial charge is 0.0614 e. The van der Waals surface area contributed by atoms with E-state index in [0.29, 0.717) is 0 Å². The average molecular weight is 251 g/mol. The lowest BCUT2D eigenvalue weighted by atomic mass is 9.92. The first-order chi connectivity index (χ1) is 9.04. The van der Waals surface area contributed by atoms with Gasteiger partial charge in [-0.1, -0.05) is 41.0 Å². The van der Waals surface area contributed by atoms with Crippen molar-refractivity contribution in [2.24, 2.45) is 5.11 Å². The second-order valence-electron chi connectivity index (χ2n) is 4.93. The van der Waals surface area contributed by atoms with E-state index < -0.39 is 0 Å². The molecule has 0 N–H and O–H groups in total. The second kappa shape index (κ2) is 5.17. The van der Waals surface area contributed by atoms with Crippen LogP contribution in [0.5, 0.6) is 0 Å². The van der Waals surface area contributed by atoms with Gasteiger partial charge in [0.05, 0.1) is 0 Å². The fourth-order valence-corrected chi connectivity index (χ4v) is 2.64. The van der Waals surface area contributed by atoms with Gasteiger partial charge in [0.25, 0.3) is 0 Å². The molecule has 0 heterocycles. The van der Waals surface area contributed by atoms with E-state index >= 15 is 0 Å². The summed E-state index contributed by atoms with van der Waals surface area (Å²) in [5, 5.41) is 3.87. The molecule has 0 bridgehead atoms. The van der Waals surface area contributed by atoms with E-state index in [4.69, 9.17) is 5.53 Å². The Labute approximate surface area is 113 Å². The summed E-state index contributed by atoms with van der Waals surface area (Å²) in [6.07, 6.45) is 0. The van der Waals surface area contributed by atoms with Crippen LogP contribution in [0.25, 0.3) is 21.6 Å². The van der Waals surface area contributed by atoms with E-state index in [2.05, 4.69) is 42.9 Å². The maximum Gasteiger partial charge on any atom is 0.0483 e. The number of benzene rings is 2. The van der Waals surface area contributed by atoms with Crippen LogP contribution in [0.1, 0.15) is 22.3 Å². The van der Waals surface area contributed by atoms with Crippen LogP contribution in [-0.4, -0.2) is 0 Å². The molecule has 2 rings (SSSR count). The first-order valence-electron chi connectivity index (χ1n) is 6.27. The molecular formula is C16H17N3. The van der Waals surface area contributed by atoms with Gasteiger partial charge in [-0.3, -0.25) is 0 Å². The second-order valence-corrected chi connectivity index (χ2v) is 4.93. The Kier molecular flexibility index (Phi) is 3.59. The van der Waals surface area contributed by atoms with Gasteiger partial charge in [0, 0.05) is 10.6 Å². The van der Waals surface area contributed by atoms with Crippen LogP contribution in [0.2, 0.25) is 0 Å². The highest BCUT2D eigenvalue weighted by molar-refractivity contribution is 5.82. The van der Waals surface area contributed by atoms with Crippen LogP contribution in [0.3, 0.4) is 0 Å². The Morgan fingerprint density at radius 3 is 2.16 bits per heavy atom. The minimum absolute atomic E-state index is 0.722. The number of aryl methyl sites for hydroxylation is 4. The maximum atomic E-state index is 8.76. The minimum Gasteiger partial charge on any atom is -0.0614 e. The minimum atomic E-state index is 0.722. The molecule has 0 saturated carbocycles. The highest BCUT2D eigenvalue weighted by atomic mass is 15.1. The molecule has 19 heavy (non-hydrogen) atoms. The van der Waals surface area contributed by atoms with Crippen molar-refractivity contribution in [1.82, 2.24) is 0 Å². The van der Waals surface area contributed by atoms with Crippen molar-refractivity contribution < 1.29 is 0 Å². The Bertz CT molecular complexity index is 657. The zero-order valence-electron chi connectivity index (χ0n) is 11.7. The van der Waals surface area contributed by atoms with Gasteiger partial charge in [0.2, 0.25) is 0 Å². The molecule has 96 valence electrons. The summed E-state index contributed by atoms with van der Waals surface area (Å²) in [6.45, 7) is 8.25. The number of hydrogen-bond donors (Lipinski definition) is 0. The van der Waals surface area contributed by atoms with Crippen molar-refractivity contribution in [3.8, 4) is 11.1 Å². The monoisotopic (exact) mass is 251 g/mol. The van der Waals surface area contributed by atoms with E-state index in [9.17, 15) is 0 Å². The molecule has 0 fully saturated rings. The van der Waals surface area contributed by atoms with Gasteiger partial charge in [-0.05, 0) is 61.0 Å². The number of rotatable bonds is 2. The Hall–Kier alpha value is -2.25.